The molecule has 0 amide bonds. The van der Waals surface area contributed by atoms with Gasteiger partial charge < -0.3 is 4.28 Å². The summed E-state index contributed by atoms with van der Waals surface area (Å²) in [5.41, 5.74) is 1.19. The van der Waals surface area contributed by atoms with Crippen molar-refractivity contribution < 1.29 is 105 Å². The van der Waals surface area contributed by atoms with Gasteiger partial charge in [0.2, 0.25) is 0 Å². The number of hydrogen-bond acceptors (Lipinski definition) is 2. The fourth-order valence-electron chi connectivity index (χ4n) is 0. The molecule has 0 saturated carbocycles. The van der Waals surface area contributed by atoms with Gasteiger partial charge in [-0.1, -0.05) is 0 Å². The third kappa shape index (κ3) is 24.6. The third-order valence-electron chi connectivity index (χ3n) is 0.339. The van der Waals surface area contributed by atoms with E-state index in [1.807, 2.05) is 0 Å². The Morgan fingerprint density at radius 1 is 1.44 bits per heavy atom. The van der Waals surface area contributed by atoms with Crippen molar-refractivity contribution in [1.82, 2.24) is 0 Å². The topological polar surface area (TPSA) is 46.5 Å². The van der Waals surface area contributed by atoms with Crippen LogP contribution in [-0.4, -0.2) is 25.4 Å². The average molecular weight is 226 g/mol. The van der Waals surface area contributed by atoms with E-state index in [0.717, 1.165) is 0 Å². The molecule has 0 aliphatic heterocycles. The van der Waals surface area contributed by atoms with Crippen molar-refractivity contribution in [2.75, 3.05) is 7.11 Å². The van der Waals surface area contributed by atoms with Crippen LogP contribution in [0.15, 0.2) is 0 Å². The van der Waals surface area contributed by atoms with E-state index in [1.165, 1.54) is 12.8 Å². The summed E-state index contributed by atoms with van der Waals surface area (Å²) in [7, 11) is 1.22. The fraction of sp³-hybridized carbons (Fsp3) is 1.00. The molecule has 0 aliphatic carbocycles. The smallest absolute Gasteiger partial charge is 1.00 e. The van der Waals surface area contributed by atoms with E-state index in [0.29, 0.717) is 0 Å². The molecule has 0 bridgehead atoms. The zero-order chi connectivity index (χ0) is 5.21. The molecule has 0 heterocycles. The second kappa shape index (κ2) is 11.3. The minimum Gasteiger partial charge on any atom is -1.00 e. The van der Waals surface area contributed by atoms with Crippen molar-refractivity contribution in [3.63, 3.8) is 0 Å². The molecule has 1 atom stereocenters. The van der Waals surface area contributed by atoms with Gasteiger partial charge >= 0.3 is 127 Å². The standard InChI is InChI=1S/C2H7AsO3.3Na.3H/c1-3(4,5)6-2;;;;;;/h1-2H3,(H,4,5);;;;;;/q;3*+1;3*-1. The summed E-state index contributed by atoms with van der Waals surface area (Å²) in [5, 5.41) is 0. The Balaban J connectivity index is -0.00000000833. The van der Waals surface area contributed by atoms with Crippen LogP contribution in [0.5, 0.6) is 0 Å². The van der Waals surface area contributed by atoms with Gasteiger partial charge in [0.1, 0.15) is 0 Å². The van der Waals surface area contributed by atoms with Crippen molar-refractivity contribution >= 4 is 14.2 Å². The van der Waals surface area contributed by atoms with Gasteiger partial charge in [-0.3, -0.25) is 0 Å². The van der Waals surface area contributed by atoms with Gasteiger partial charge in [-0.25, -0.2) is 0 Å². The maximum atomic E-state index is 9.98. The summed E-state index contributed by atoms with van der Waals surface area (Å²) in [5.74, 6) is 0. The van der Waals surface area contributed by atoms with Gasteiger partial charge in [0.15, 0.2) is 0 Å². The summed E-state index contributed by atoms with van der Waals surface area (Å²) in [6.07, 6.45) is 0. The quantitative estimate of drug-likeness (QED) is 0.451. The Morgan fingerprint density at radius 3 is 1.56 bits per heavy atom. The predicted octanol–water partition coefficient (Wildman–Crippen LogP) is -9.03. The molecule has 0 aliphatic rings. The van der Waals surface area contributed by atoms with Crippen LogP contribution in [0, 0.1) is 0 Å². The summed E-state index contributed by atoms with van der Waals surface area (Å²) < 4.78 is 22.3. The zero-order valence-corrected chi connectivity index (χ0v) is 14.6. The molecule has 1 N–H and O–H groups in total. The molecule has 0 aromatic rings. The molecule has 44 valence electrons. The van der Waals surface area contributed by atoms with E-state index in [-0.39, 0.29) is 93.0 Å². The number of rotatable bonds is 1. The molecule has 0 radical (unpaired) electrons. The van der Waals surface area contributed by atoms with Crippen LogP contribution < -0.4 is 88.7 Å². The van der Waals surface area contributed by atoms with Gasteiger partial charge in [-0.05, 0) is 0 Å². The first-order valence-electron chi connectivity index (χ1n) is 1.42. The molecular formula is C2H10AsNa3O3. The Morgan fingerprint density at radius 2 is 1.56 bits per heavy atom. The average Bonchev–Trinajstić information content (AvgIpc) is 1.35. The van der Waals surface area contributed by atoms with E-state index < -0.39 is 14.2 Å². The van der Waals surface area contributed by atoms with E-state index in [4.69, 9.17) is 4.10 Å². The molecular weight excluding hydrogens is 216 g/mol. The Kier molecular flexibility index (Phi) is 28.6. The molecule has 7 heteroatoms. The fourth-order valence-corrected chi connectivity index (χ4v) is 0. The third-order valence-corrected chi connectivity index (χ3v) is 1.76. The maximum Gasteiger partial charge on any atom is 1.00 e. The largest absolute Gasteiger partial charge is 1.00 e. The second-order valence-electron chi connectivity index (χ2n) is 0.986. The van der Waals surface area contributed by atoms with Crippen molar-refractivity contribution in [2.45, 2.75) is 5.71 Å². The van der Waals surface area contributed by atoms with Crippen LogP contribution in [-0.2, 0) is 7.47 Å². The predicted molar refractivity (Wildman–Crippen MR) is 24.9 cm³/mol. The van der Waals surface area contributed by atoms with E-state index in [9.17, 15) is 3.74 Å². The van der Waals surface area contributed by atoms with Gasteiger partial charge in [0.25, 0.3) is 0 Å². The van der Waals surface area contributed by atoms with Crippen molar-refractivity contribution in [2.24, 2.45) is 0 Å². The monoisotopic (exact) mass is 226 g/mol. The molecule has 0 fully saturated rings. The minimum atomic E-state index is -3.66. The molecule has 9 heavy (non-hydrogen) atoms. The first-order valence-corrected chi connectivity index (χ1v) is 5.67. The zero-order valence-electron chi connectivity index (χ0n) is 9.71. The molecule has 1 unspecified atom stereocenters. The summed E-state index contributed by atoms with van der Waals surface area (Å²) >= 11 is -3.66. The molecule has 0 rings (SSSR count). The van der Waals surface area contributed by atoms with Gasteiger partial charge in [-0.2, -0.15) is 0 Å². The Hall–Kier alpha value is 3.28. The van der Waals surface area contributed by atoms with Crippen LogP contribution in [0.1, 0.15) is 4.28 Å². The molecule has 0 spiro atoms. The SMILES string of the molecule is CO[As](C)(=O)O.[H-].[H-].[H-].[Na+].[Na+].[Na+]. The van der Waals surface area contributed by atoms with E-state index >= 15 is 0 Å². The summed E-state index contributed by atoms with van der Waals surface area (Å²) in [6.45, 7) is 0. The van der Waals surface area contributed by atoms with E-state index in [2.05, 4.69) is 3.73 Å². The van der Waals surface area contributed by atoms with Gasteiger partial charge in [0.05, 0.1) is 0 Å². The van der Waals surface area contributed by atoms with Crippen LogP contribution in [0.4, 0.5) is 0 Å². The maximum absolute atomic E-state index is 9.98. The van der Waals surface area contributed by atoms with Crippen molar-refractivity contribution in [3.05, 3.63) is 0 Å². The Labute approximate surface area is 129 Å². The molecule has 0 aromatic carbocycles. The van der Waals surface area contributed by atoms with Crippen LogP contribution >= 0.6 is 0 Å². The molecule has 0 aromatic heterocycles. The number of hydrogen-bond donors (Lipinski definition) is 1. The first kappa shape index (κ1) is 22.8. The normalized spacial score (nSPS) is 13.2. The first-order chi connectivity index (χ1) is 2.56. The van der Waals surface area contributed by atoms with Crippen molar-refractivity contribution in [3.8, 4) is 0 Å². The van der Waals surface area contributed by atoms with Crippen LogP contribution in [0.2, 0.25) is 5.71 Å². The van der Waals surface area contributed by atoms with Crippen molar-refractivity contribution in [1.29, 1.82) is 0 Å². The van der Waals surface area contributed by atoms with Crippen LogP contribution in [0.25, 0.3) is 0 Å². The minimum absolute atomic E-state index is 0. The van der Waals surface area contributed by atoms with E-state index in [1.54, 1.807) is 0 Å². The molecule has 0 saturated heterocycles. The molecule has 3 nitrogen and oxygen atoms in total. The summed E-state index contributed by atoms with van der Waals surface area (Å²) in [4.78, 5) is 0. The Bertz CT molecular complexity index is 90.9. The van der Waals surface area contributed by atoms with Gasteiger partial charge in [0, 0.05) is 0 Å². The summed E-state index contributed by atoms with van der Waals surface area (Å²) in [6, 6.07) is 0. The van der Waals surface area contributed by atoms with Crippen LogP contribution in [0.3, 0.4) is 0 Å². The second-order valence-corrected chi connectivity index (χ2v) is 5.12. The van der Waals surface area contributed by atoms with Gasteiger partial charge in [-0.15, -0.1) is 0 Å².